The van der Waals surface area contributed by atoms with E-state index in [1.807, 2.05) is 49.4 Å². The van der Waals surface area contributed by atoms with Crippen molar-refractivity contribution in [2.45, 2.75) is 59.7 Å². The Morgan fingerprint density at radius 1 is 0.852 bits per heavy atom. The van der Waals surface area contributed by atoms with Gasteiger partial charge in [-0.3, -0.25) is 0 Å². The molecule has 0 aromatic heterocycles. The maximum atomic E-state index is 5.86. The standard InChI is InChI=1S/C24H34O3/c1-6-20(18-24(3,4)5)21-12-14-23(15-13-21)27-19(2)25-16-17-26-22-10-8-7-9-11-22/h7-15,19-20H,6,16-18H2,1-5H3. The zero-order valence-corrected chi connectivity index (χ0v) is 17.4. The summed E-state index contributed by atoms with van der Waals surface area (Å²) in [5.41, 5.74) is 1.71. The summed E-state index contributed by atoms with van der Waals surface area (Å²) in [7, 11) is 0. The summed E-state index contributed by atoms with van der Waals surface area (Å²) in [5.74, 6) is 2.27. The highest BCUT2D eigenvalue weighted by Crippen LogP contribution is 2.34. The van der Waals surface area contributed by atoms with Crippen LogP contribution < -0.4 is 9.47 Å². The third-order valence-electron chi connectivity index (χ3n) is 4.45. The average molecular weight is 371 g/mol. The Bertz CT molecular complexity index is 644. The molecule has 3 nitrogen and oxygen atoms in total. The quantitative estimate of drug-likeness (QED) is 0.356. The highest BCUT2D eigenvalue weighted by Gasteiger charge is 2.19. The number of benzene rings is 2. The summed E-state index contributed by atoms with van der Waals surface area (Å²) in [4.78, 5) is 0. The number of para-hydroxylation sites is 1. The van der Waals surface area contributed by atoms with E-state index in [9.17, 15) is 0 Å². The second-order valence-corrected chi connectivity index (χ2v) is 8.16. The van der Waals surface area contributed by atoms with E-state index in [2.05, 4.69) is 39.8 Å². The summed E-state index contributed by atoms with van der Waals surface area (Å²) in [5, 5.41) is 0. The van der Waals surface area contributed by atoms with Crippen LogP contribution in [0.25, 0.3) is 0 Å². The summed E-state index contributed by atoms with van der Waals surface area (Å²) in [6.45, 7) is 12.0. The van der Waals surface area contributed by atoms with Crippen molar-refractivity contribution >= 4 is 0 Å². The summed E-state index contributed by atoms with van der Waals surface area (Å²) >= 11 is 0. The lowest BCUT2D eigenvalue weighted by molar-refractivity contribution is -0.0739. The molecule has 27 heavy (non-hydrogen) atoms. The molecular weight excluding hydrogens is 336 g/mol. The molecule has 0 amide bonds. The fourth-order valence-corrected chi connectivity index (χ4v) is 3.17. The molecule has 0 aliphatic carbocycles. The monoisotopic (exact) mass is 370 g/mol. The number of ether oxygens (including phenoxy) is 3. The third-order valence-corrected chi connectivity index (χ3v) is 4.45. The molecule has 0 radical (unpaired) electrons. The molecule has 0 aliphatic rings. The second kappa shape index (κ2) is 10.4. The molecule has 2 atom stereocenters. The largest absolute Gasteiger partial charge is 0.491 e. The molecule has 0 fully saturated rings. The third kappa shape index (κ3) is 8.04. The van der Waals surface area contributed by atoms with Crippen molar-refractivity contribution in [2.75, 3.05) is 13.2 Å². The molecule has 2 unspecified atom stereocenters. The van der Waals surface area contributed by atoms with Crippen molar-refractivity contribution in [1.82, 2.24) is 0 Å². The van der Waals surface area contributed by atoms with E-state index < -0.39 is 0 Å². The predicted octanol–water partition coefficient (Wildman–Crippen LogP) is 6.44. The molecule has 0 spiro atoms. The molecule has 2 rings (SSSR count). The minimum Gasteiger partial charge on any atom is -0.491 e. The minimum absolute atomic E-state index is 0.313. The number of hydrogen-bond donors (Lipinski definition) is 0. The van der Waals surface area contributed by atoms with Gasteiger partial charge >= 0.3 is 0 Å². The smallest absolute Gasteiger partial charge is 0.197 e. The Morgan fingerprint density at radius 3 is 2.11 bits per heavy atom. The van der Waals surface area contributed by atoms with Gasteiger partial charge in [0.15, 0.2) is 6.29 Å². The Kier molecular flexibility index (Phi) is 8.18. The Labute approximate surface area is 164 Å². The molecule has 0 heterocycles. The van der Waals surface area contributed by atoms with Gasteiger partial charge in [0.1, 0.15) is 18.1 Å². The first-order valence-corrected chi connectivity index (χ1v) is 9.93. The number of hydrogen-bond acceptors (Lipinski definition) is 3. The zero-order valence-electron chi connectivity index (χ0n) is 17.4. The van der Waals surface area contributed by atoms with Crippen molar-refractivity contribution < 1.29 is 14.2 Å². The Hall–Kier alpha value is -2.00. The lowest BCUT2D eigenvalue weighted by atomic mass is 9.80. The normalized spacial score (nSPS) is 13.8. The van der Waals surface area contributed by atoms with Crippen LogP contribution >= 0.6 is 0 Å². The predicted molar refractivity (Wildman–Crippen MR) is 112 cm³/mol. The molecule has 0 N–H and O–H groups in total. The Morgan fingerprint density at radius 2 is 1.52 bits per heavy atom. The van der Waals surface area contributed by atoms with E-state index in [0.717, 1.165) is 17.9 Å². The van der Waals surface area contributed by atoms with Crippen LogP contribution in [-0.4, -0.2) is 19.5 Å². The molecule has 2 aromatic carbocycles. The van der Waals surface area contributed by atoms with E-state index in [1.54, 1.807) is 0 Å². The zero-order chi connectivity index (χ0) is 19.7. The van der Waals surface area contributed by atoms with Crippen molar-refractivity contribution in [2.24, 2.45) is 5.41 Å². The van der Waals surface area contributed by atoms with Crippen LogP contribution in [0.2, 0.25) is 0 Å². The highest BCUT2D eigenvalue weighted by atomic mass is 16.7. The Balaban J connectivity index is 1.76. The summed E-state index contributed by atoms with van der Waals surface area (Å²) in [6, 6.07) is 18.2. The summed E-state index contributed by atoms with van der Waals surface area (Å²) in [6.07, 6.45) is 2.02. The van der Waals surface area contributed by atoms with Crippen LogP contribution in [0.3, 0.4) is 0 Å². The molecule has 3 heteroatoms. The highest BCUT2D eigenvalue weighted by molar-refractivity contribution is 5.29. The number of rotatable bonds is 10. The van der Waals surface area contributed by atoms with Crippen LogP contribution in [-0.2, 0) is 4.74 Å². The average Bonchev–Trinajstić information content (AvgIpc) is 2.64. The van der Waals surface area contributed by atoms with Gasteiger partial charge in [-0.2, -0.15) is 0 Å². The van der Waals surface area contributed by atoms with Crippen molar-refractivity contribution in [3.8, 4) is 11.5 Å². The fraction of sp³-hybridized carbons (Fsp3) is 0.500. The van der Waals surface area contributed by atoms with Gasteiger partial charge in [-0.1, -0.05) is 58.0 Å². The topological polar surface area (TPSA) is 27.7 Å². The lowest BCUT2D eigenvalue weighted by Gasteiger charge is -2.25. The van der Waals surface area contributed by atoms with E-state index in [-0.39, 0.29) is 6.29 Å². The first-order chi connectivity index (χ1) is 12.9. The van der Waals surface area contributed by atoms with Crippen molar-refractivity contribution in [1.29, 1.82) is 0 Å². The van der Waals surface area contributed by atoms with Crippen LogP contribution in [0.5, 0.6) is 11.5 Å². The fourth-order valence-electron chi connectivity index (χ4n) is 3.17. The SMILES string of the molecule is CCC(CC(C)(C)C)c1ccc(OC(C)OCCOc2ccccc2)cc1. The lowest BCUT2D eigenvalue weighted by Crippen LogP contribution is -2.20. The van der Waals surface area contributed by atoms with Gasteiger partial charge in [-0.25, -0.2) is 0 Å². The van der Waals surface area contributed by atoms with Gasteiger partial charge in [-0.05, 0) is 60.9 Å². The maximum Gasteiger partial charge on any atom is 0.197 e. The molecule has 0 aliphatic heterocycles. The van der Waals surface area contributed by atoms with Crippen LogP contribution in [0.4, 0.5) is 0 Å². The van der Waals surface area contributed by atoms with E-state index in [4.69, 9.17) is 14.2 Å². The molecule has 0 saturated carbocycles. The van der Waals surface area contributed by atoms with Crippen LogP contribution in [0, 0.1) is 5.41 Å². The summed E-state index contributed by atoms with van der Waals surface area (Å²) < 4.78 is 17.2. The van der Waals surface area contributed by atoms with Gasteiger partial charge < -0.3 is 14.2 Å². The van der Waals surface area contributed by atoms with E-state index in [0.29, 0.717) is 24.5 Å². The molecular formula is C24H34O3. The first kappa shape index (κ1) is 21.3. The van der Waals surface area contributed by atoms with E-state index >= 15 is 0 Å². The van der Waals surface area contributed by atoms with Gasteiger partial charge in [0.2, 0.25) is 0 Å². The van der Waals surface area contributed by atoms with Gasteiger partial charge in [0, 0.05) is 0 Å². The molecule has 2 aromatic rings. The van der Waals surface area contributed by atoms with Crippen molar-refractivity contribution in [3.63, 3.8) is 0 Å². The minimum atomic E-state index is -0.313. The van der Waals surface area contributed by atoms with Gasteiger partial charge in [0.05, 0.1) is 6.61 Å². The van der Waals surface area contributed by atoms with E-state index in [1.165, 1.54) is 12.0 Å². The van der Waals surface area contributed by atoms with Gasteiger partial charge in [0.25, 0.3) is 0 Å². The van der Waals surface area contributed by atoms with Crippen molar-refractivity contribution in [3.05, 3.63) is 60.2 Å². The molecule has 148 valence electrons. The van der Waals surface area contributed by atoms with Gasteiger partial charge in [-0.15, -0.1) is 0 Å². The second-order valence-electron chi connectivity index (χ2n) is 8.16. The van der Waals surface area contributed by atoms with Crippen LogP contribution in [0.1, 0.15) is 58.9 Å². The maximum absolute atomic E-state index is 5.86. The molecule has 0 bridgehead atoms. The first-order valence-electron chi connectivity index (χ1n) is 9.93. The van der Waals surface area contributed by atoms with Crippen LogP contribution in [0.15, 0.2) is 54.6 Å². The molecule has 0 saturated heterocycles.